The van der Waals surface area contributed by atoms with Gasteiger partial charge in [0, 0.05) is 11.7 Å². The van der Waals surface area contributed by atoms with Gasteiger partial charge in [0.15, 0.2) is 10.4 Å². The maximum absolute atomic E-state index is 12.3. The topological polar surface area (TPSA) is 62.7 Å². The van der Waals surface area contributed by atoms with Crippen LogP contribution >= 0.6 is 23.8 Å². The smallest absolute Gasteiger partial charge is 0.243 e. The first-order valence-electron chi connectivity index (χ1n) is 6.27. The summed E-state index contributed by atoms with van der Waals surface area (Å²) in [5, 5.41) is 3.46. The second kappa shape index (κ2) is 5.18. The van der Waals surface area contributed by atoms with E-state index in [2.05, 4.69) is 15.3 Å². The van der Waals surface area contributed by atoms with Gasteiger partial charge in [-0.1, -0.05) is 11.6 Å². The summed E-state index contributed by atoms with van der Waals surface area (Å²) in [6, 6.07) is 1.29. The molecule has 0 radical (unpaired) electrons. The molecule has 108 valence electrons. The highest BCUT2D eigenvalue weighted by Crippen LogP contribution is 2.20. The number of carbonyl (C=O) groups excluding carboxylic acids is 1. The number of nitrogens with zero attached hydrogens (tertiary/aromatic N) is 2. The van der Waals surface area contributed by atoms with Gasteiger partial charge in [-0.3, -0.25) is 9.36 Å². The van der Waals surface area contributed by atoms with Gasteiger partial charge in [-0.05, 0) is 46.0 Å². The first-order valence-corrected chi connectivity index (χ1v) is 7.05. The van der Waals surface area contributed by atoms with Crippen molar-refractivity contribution in [2.75, 3.05) is 0 Å². The number of fused-ring (bicyclic) bond motifs is 1. The number of halogens is 1. The molecule has 2 aromatic rings. The number of amides is 1. The van der Waals surface area contributed by atoms with Crippen LogP contribution in [0.15, 0.2) is 12.3 Å². The number of H-pyrrole nitrogens is 1. The van der Waals surface area contributed by atoms with Gasteiger partial charge in [0.05, 0.1) is 10.5 Å². The summed E-state index contributed by atoms with van der Waals surface area (Å²) in [6.45, 7) is 7.60. The van der Waals surface area contributed by atoms with Gasteiger partial charge in [-0.2, -0.15) is 0 Å². The molecule has 2 N–H and O–H groups in total. The predicted octanol–water partition coefficient (Wildman–Crippen LogP) is 3.22. The Morgan fingerprint density at radius 2 is 2.20 bits per heavy atom. The molecule has 0 aliphatic rings. The first-order chi connectivity index (χ1) is 9.19. The molecule has 1 amide bonds. The zero-order valence-corrected chi connectivity index (χ0v) is 13.4. The number of hydrogen-bond acceptors (Lipinski definition) is 3. The number of nitrogens with one attached hydrogen (secondary N) is 2. The van der Waals surface area contributed by atoms with Crippen LogP contribution in [0.1, 0.15) is 33.7 Å². The maximum Gasteiger partial charge on any atom is 0.243 e. The summed E-state index contributed by atoms with van der Waals surface area (Å²) < 4.78 is 2.15. The van der Waals surface area contributed by atoms with Crippen molar-refractivity contribution < 1.29 is 4.79 Å². The van der Waals surface area contributed by atoms with E-state index in [0.29, 0.717) is 15.4 Å². The van der Waals surface area contributed by atoms with Crippen LogP contribution in [0.4, 0.5) is 0 Å². The molecule has 0 saturated carbocycles. The number of aromatic amines is 1. The number of hydrogen-bond donors (Lipinski definition) is 2. The molecular weight excluding hydrogens is 296 g/mol. The molecule has 2 rings (SSSR count). The van der Waals surface area contributed by atoms with Crippen LogP contribution in [0, 0.1) is 4.77 Å². The van der Waals surface area contributed by atoms with E-state index < -0.39 is 6.04 Å². The quantitative estimate of drug-likeness (QED) is 0.837. The van der Waals surface area contributed by atoms with Crippen LogP contribution in [0.25, 0.3) is 11.2 Å². The Hall–Kier alpha value is -1.40. The third kappa shape index (κ3) is 3.02. The Kier molecular flexibility index (Phi) is 3.88. The molecule has 0 fully saturated rings. The molecule has 0 saturated heterocycles. The number of aromatic nitrogens is 3. The van der Waals surface area contributed by atoms with Crippen molar-refractivity contribution in [3.8, 4) is 0 Å². The highest BCUT2D eigenvalue weighted by molar-refractivity contribution is 7.71. The normalized spacial score (nSPS) is 13.4. The second-order valence-electron chi connectivity index (χ2n) is 5.74. The molecule has 1 atom stereocenters. The fraction of sp³-hybridized carbons (Fsp3) is 0.462. The molecule has 7 heteroatoms. The Balaban J connectivity index is 2.45. The molecule has 0 spiro atoms. The van der Waals surface area contributed by atoms with Gasteiger partial charge >= 0.3 is 0 Å². The van der Waals surface area contributed by atoms with Crippen molar-refractivity contribution >= 4 is 40.9 Å². The van der Waals surface area contributed by atoms with Gasteiger partial charge in [0.2, 0.25) is 5.91 Å². The molecule has 5 nitrogen and oxygen atoms in total. The summed E-state index contributed by atoms with van der Waals surface area (Å²) in [5.41, 5.74) is 1.05. The van der Waals surface area contributed by atoms with Crippen molar-refractivity contribution in [2.45, 2.75) is 39.3 Å². The summed E-state index contributed by atoms with van der Waals surface area (Å²) in [7, 11) is 0. The van der Waals surface area contributed by atoms with Crippen molar-refractivity contribution in [1.29, 1.82) is 0 Å². The average Bonchev–Trinajstić information content (AvgIpc) is 2.60. The standard InChI is InChI=1S/C13H17ClN4OS/c1-7(11(19)17-13(2,3)4)18-10-9(16-12(18)20)5-8(14)6-15-10/h5-7H,1-4H3,(H,16,20)(H,17,19). The Labute approximate surface area is 127 Å². The van der Waals surface area contributed by atoms with E-state index >= 15 is 0 Å². The zero-order chi connectivity index (χ0) is 15.1. The maximum atomic E-state index is 12.3. The Morgan fingerprint density at radius 1 is 1.55 bits per heavy atom. The lowest BCUT2D eigenvalue weighted by atomic mass is 10.1. The van der Waals surface area contributed by atoms with Gasteiger partial charge in [0.25, 0.3) is 0 Å². The fourth-order valence-electron chi connectivity index (χ4n) is 1.94. The summed E-state index contributed by atoms with van der Waals surface area (Å²) in [5.74, 6) is -0.105. The summed E-state index contributed by atoms with van der Waals surface area (Å²) in [6.07, 6.45) is 1.54. The number of carbonyl (C=O) groups is 1. The van der Waals surface area contributed by atoms with E-state index in [1.165, 1.54) is 6.20 Å². The molecule has 0 aliphatic heterocycles. The zero-order valence-electron chi connectivity index (χ0n) is 11.8. The minimum atomic E-state index is -0.454. The minimum Gasteiger partial charge on any atom is -0.350 e. The SMILES string of the molecule is CC(C(=O)NC(C)(C)C)n1c(=S)[nH]c2cc(Cl)cnc21. The molecule has 2 heterocycles. The fourth-order valence-corrected chi connectivity index (χ4v) is 2.45. The van der Waals surface area contributed by atoms with Crippen LogP contribution in [-0.2, 0) is 4.79 Å². The third-order valence-electron chi connectivity index (χ3n) is 2.79. The molecule has 20 heavy (non-hydrogen) atoms. The monoisotopic (exact) mass is 312 g/mol. The van der Waals surface area contributed by atoms with E-state index in [4.69, 9.17) is 23.8 Å². The number of rotatable bonds is 2. The van der Waals surface area contributed by atoms with Crippen LogP contribution in [0.2, 0.25) is 5.02 Å². The van der Waals surface area contributed by atoms with Gasteiger partial charge < -0.3 is 10.3 Å². The Bertz CT molecular complexity index is 713. The molecule has 0 aliphatic carbocycles. The van der Waals surface area contributed by atoms with E-state index in [-0.39, 0.29) is 11.4 Å². The highest BCUT2D eigenvalue weighted by atomic mass is 35.5. The van der Waals surface area contributed by atoms with Crippen molar-refractivity contribution in [3.05, 3.63) is 22.1 Å². The molecule has 1 unspecified atom stereocenters. The second-order valence-corrected chi connectivity index (χ2v) is 6.56. The highest BCUT2D eigenvalue weighted by Gasteiger charge is 2.23. The summed E-state index contributed by atoms with van der Waals surface area (Å²) >= 11 is 11.2. The van der Waals surface area contributed by atoms with E-state index in [0.717, 1.165) is 5.52 Å². The molecule has 2 aromatic heterocycles. The van der Waals surface area contributed by atoms with Crippen molar-refractivity contribution in [2.24, 2.45) is 0 Å². The van der Waals surface area contributed by atoms with Gasteiger partial charge in [-0.25, -0.2) is 4.98 Å². The molecule has 0 aromatic carbocycles. The average molecular weight is 313 g/mol. The predicted molar refractivity (Wildman–Crippen MR) is 82.5 cm³/mol. The Morgan fingerprint density at radius 3 is 2.80 bits per heavy atom. The van der Waals surface area contributed by atoms with E-state index in [1.807, 2.05) is 20.8 Å². The van der Waals surface area contributed by atoms with Crippen LogP contribution < -0.4 is 5.32 Å². The van der Waals surface area contributed by atoms with Crippen LogP contribution in [0.5, 0.6) is 0 Å². The minimum absolute atomic E-state index is 0.105. The van der Waals surface area contributed by atoms with Crippen molar-refractivity contribution in [3.63, 3.8) is 0 Å². The van der Waals surface area contributed by atoms with Gasteiger partial charge in [-0.15, -0.1) is 0 Å². The lowest BCUT2D eigenvalue weighted by Gasteiger charge is -2.23. The van der Waals surface area contributed by atoms with Crippen LogP contribution in [0.3, 0.4) is 0 Å². The lowest BCUT2D eigenvalue weighted by Crippen LogP contribution is -2.43. The third-order valence-corrected chi connectivity index (χ3v) is 3.29. The largest absolute Gasteiger partial charge is 0.350 e. The molecule has 0 bridgehead atoms. The van der Waals surface area contributed by atoms with Crippen molar-refractivity contribution in [1.82, 2.24) is 19.9 Å². The number of imidazole rings is 1. The summed E-state index contributed by atoms with van der Waals surface area (Å²) in [4.78, 5) is 19.5. The van der Waals surface area contributed by atoms with E-state index in [1.54, 1.807) is 17.6 Å². The first kappa shape index (κ1) is 15.0. The lowest BCUT2D eigenvalue weighted by molar-refractivity contribution is -0.125. The van der Waals surface area contributed by atoms with Crippen LogP contribution in [-0.4, -0.2) is 26.0 Å². The molecular formula is C13H17ClN4OS. The van der Waals surface area contributed by atoms with E-state index in [9.17, 15) is 4.79 Å². The van der Waals surface area contributed by atoms with Gasteiger partial charge in [0.1, 0.15) is 6.04 Å². The number of pyridine rings is 1.